The Balaban J connectivity index is 3.34. The standard InChI is InChI=1S/C11H13NO5/c1-12-5-4-7(10(14)16-2)9(12)8(6-13)11(15)17-3/h4-6,13H,1-3H3/b8-6-. The number of ether oxygens (including phenoxy) is 2. The molecule has 6 nitrogen and oxygen atoms in total. The molecular weight excluding hydrogens is 226 g/mol. The SMILES string of the molecule is COC(=O)/C(=C\O)c1c(C(=O)OC)ccn1C. The molecule has 1 N–H and O–H groups in total. The first-order valence-electron chi connectivity index (χ1n) is 4.73. The third-order valence-electron chi connectivity index (χ3n) is 2.27. The number of esters is 2. The zero-order chi connectivity index (χ0) is 13.0. The monoisotopic (exact) mass is 239 g/mol. The van der Waals surface area contributed by atoms with Crippen LogP contribution in [0.3, 0.4) is 0 Å². The maximum atomic E-state index is 11.5. The van der Waals surface area contributed by atoms with Crippen LogP contribution in [-0.4, -0.2) is 35.8 Å². The molecule has 1 aromatic heterocycles. The smallest absolute Gasteiger partial charge is 0.343 e. The number of hydrogen-bond donors (Lipinski definition) is 1. The van der Waals surface area contributed by atoms with Crippen LogP contribution in [-0.2, 0) is 21.3 Å². The fourth-order valence-electron chi connectivity index (χ4n) is 1.46. The van der Waals surface area contributed by atoms with E-state index in [9.17, 15) is 9.59 Å². The molecule has 0 amide bonds. The van der Waals surface area contributed by atoms with Gasteiger partial charge in [-0.3, -0.25) is 0 Å². The molecule has 92 valence electrons. The minimum atomic E-state index is -0.737. The first kappa shape index (κ1) is 12.8. The van der Waals surface area contributed by atoms with Crippen molar-refractivity contribution in [2.24, 2.45) is 7.05 Å². The number of aliphatic hydroxyl groups is 1. The van der Waals surface area contributed by atoms with Crippen LogP contribution in [0.4, 0.5) is 0 Å². The number of carbonyl (C=O) groups excluding carboxylic acids is 2. The van der Waals surface area contributed by atoms with Crippen LogP contribution in [0, 0.1) is 0 Å². The van der Waals surface area contributed by atoms with Crippen molar-refractivity contribution in [3.8, 4) is 0 Å². The molecule has 0 atom stereocenters. The lowest BCUT2D eigenvalue weighted by Gasteiger charge is -2.08. The molecule has 0 aliphatic heterocycles. The predicted molar refractivity (Wildman–Crippen MR) is 59.4 cm³/mol. The summed E-state index contributed by atoms with van der Waals surface area (Å²) in [6, 6.07) is 1.49. The predicted octanol–water partition coefficient (Wildman–Crippen LogP) is 0.884. The lowest BCUT2D eigenvalue weighted by atomic mass is 10.1. The Bertz CT molecular complexity index is 472. The third-order valence-corrected chi connectivity index (χ3v) is 2.27. The van der Waals surface area contributed by atoms with Crippen molar-refractivity contribution in [2.45, 2.75) is 0 Å². The Morgan fingerprint density at radius 1 is 1.35 bits per heavy atom. The minimum Gasteiger partial charge on any atom is -0.515 e. The Kier molecular flexibility index (Phi) is 3.92. The first-order valence-corrected chi connectivity index (χ1v) is 4.73. The van der Waals surface area contributed by atoms with E-state index in [2.05, 4.69) is 9.47 Å². The van der Waals surface area contributed by atoms with E-state index in [1.165, 1.54) is 24.9 Å². The molecule has 17 heavy (non-hydrogen) atoms. The number of aromatic nitrogens is 1. The number of aliphatic hydroxyl groups excluding tert-OH is 1. The summed E-state index contributed by atoms with van der Waals surface area (Å²) in [5, 5.41) is 9.07. The van der Waals surface area contributed by atoms with E-state index in [1.807, 2.05) is 0 Å². The second-order valence-electron chi connectivity index (χ2n) is 3.21. The summed E-state index contributed by atoms with van der Waals surface area (Å²) < 4.78 is 10.6. The van der Waals surface area contributed by atoms with Crippen LogP contribution < -0.4 is 0 Å². The van der Waals surface area contributed by atoms with Gasteiger partial charge in [0.15, 0.2) is 0 Å². The quantitative estimate of drug-likeness (QED) is 0.481. The number of hydrogen-bond acceptors (Lipinski definition) is 5. The highest BCUT2D eigenvalue weighted by Crippen LogP contribution is 2.21. The summed E-state index contributed by atoms with van der Waals surface area (Å²) in [5.74, 6) is -1.33. The molecule has 1 heterocycles. The number of aryl methyl sites for hydroxylation is 1. The van der Waals surface area contributed by atoms with Gasteiger partial charge in [-0.05, 0) is 6.07 Å². The van der Waals surface area contributed by atoms with Crippen LogP contribution in [0.2, 0.25) is 0 Å². The Morgan fingerprint density at radius 2 is 2.00 bits per heavy atom. The fourth-order valence-corrected chi connectivity index (χ4v) is 1.46. The Hall–Kier alpha value is -2.24. The van der Waals surface area contributed by atoms with Crippen LogP contribution in [0.25, 0.3) is 5.57 Å². The average Bonchev–Trinajstić information content (AvgIpc) is 2.71. The van der Waals surface area contributed by atoms with Crippen LogP contribution in [0.15, 0.2) is 18.5 Å². The molecule has 1 aromatic rings. The van der Waals surface area contributed by atoms with Crippen molar-refractivity contribution in [1.82, 2.24) is 4.57 Å². The normalized spacial score (nSPS) is 11.1. The second-order valence-corrected chi connectivity index (χ2v) is 3.21. The zero-order valence-corrected chi connectivity index (χ0v) is 9.76. The molecular formula is C11H13NO5. The summed E-state index contributed by atoms with van der Waals surface area (Å²) in [7, 11) is 4.06. The fraction of sp³-hybridized carbons (Fsp3) is 0.273. The van der Waals surface area contributed by atoms with E-state index in [1.54, 1.807) is 13.2 Å². The summed E-state index contributed by atoms with van der Waals surface area (Å²) in [6.45, 7) is 0. The third kappa shape index (κ3) is 2.30. The first-order chi connectivity index (χ1) is 8.06. The van der Waals surface area contributed by atoms with Crippen molar-refractivity contribution in [3.05, 3.63) is 29.8 Å². The molecule has 1 rings (SSSR count). The van der Waals surface area contributed by atoms with Gasteiger partial charge in [-0.25, -0.2) is 9.59 Å². The summed E-state index contributed by atoms with van der Waals surface area (Å²) in [6.07, 6.45) is 2.18. The van der Waals surface area contributed by atoms with Gasteiger partial charge in [-0.15, -0.1) is 0 Å². The van der Waals surface area contributed by atoms with Gasteiger partial charge in [0.1, 0.15) is 5.57 Å². The number of rotatable bonds is 3. The highest BCUT2D eigenvalue weighted by atomic mass is 16.5. The highest BCUT2D eigenvalue weighted by molar-refractivity contribution is 6.18. The zero-order valence-electron chi connectivity index (χ0n) is 9.76. The highest BCUT2D eigenvalue weighted by Gasteiger charge is 2.23. The molecule has 0 spiro atoms. The van der Waals surface area contributed by atoms with E-state index in [4.69, 9.17) is 5.11 Å². The summed E-state index contributed by atoms with van der Waals surface area (Å²) in [5.41, 5.74) is 0.312. The number of methoxy groups -OCH3 is 2. The largest absolute Gasteiger partial charge is 0.515 e. The molecule has 0 unspecified atom stereocenters. The van der Waals surface area contributed by atoms with Gasteiger partial charge in [0.2, 0.25) is 0 Å². The van der Waals surface area contributed by atoms with Crippen molar-refractivity contribution >= 4 is 17.5 Å². The Morgan fingerprint density at radius 3 is 2.47 bits per heavy atom. The molecule has 0 saturated carbocycles. The van der Waals surface area contributed by atoms with Crippen molar-refractivity contribution in [3.63, 3.8) is 0 Å². The van der Waals surface area contributed by atoms with E-state index < -0.39 is 11.9 Å². The van der Waals surface area contributed by atoms with Crippen LogP contribution >= 0.6 is 0 Å². The summed E-state index contributed by atoms with van der Waals surface area (Å²) in [4.78, 5) is 22.9. The molecule has 6 heteroatoms. The van der Waals surface area contributed by atoms with Gasteiger partial charge in [0.05, 0.1) is 31.7 Å². The maximum absolute atomic E-state index is 11.5. The molecule has 0 radical (unpaired) electrons. The summed E-state index contributed by atoms with van der Waals surface area (Å²) >= 11 is 0. The average molecular weight is 239 g/mol. The van der Waals surface area contributed by atoms with Crippen LogP contribution in [0.1, 0.15) is 16.1 Å². The van der Waals surface area contributed by atoms with E-state index in [0.717, 1.165) is 0 Å². The van der Waals surface area contributed by atoms with Gasteiger partial charge in [0.25, 0.3) is 0 Å². The van der Waals surface area contributed by atoms with Gasteiger partial charge < -0.3 is 19.1 Å². The van der Waals surface area contributed by atoms with Crippen LogP contribution in [0.5, 0.6) is 0 Å². The minimum absolute atomic E-state index is 0.111. The molecule has 0 aliphatic rings. The van der Waals surface area contributed by atoms with Gasteiger partial charge >= 0.3 is 11.9 Å². The van der Waals surface area contributed by atoms with Gasteiger partial charge in [-0.2, -0.15) is 0 Å². The molecule has 0 bridgehead atoms. The van der Waals surface area contributed by atoms with E-state index in [-0.39, 0.29) is 16.8 Å². The maximum Gasteiger partial charge on any atom is 0.343 e. The number of nitrogens with zero attached hydrogens (tertiary/aromatic N) is 1. The van der Waals surface area contributed by atoms with Crippen molar-refractivity contribution in [2.75, 3.05) is 14.2 Å². The lowest BCUT2D eigenvalue weighted by Crippen LogP contribution is -2.12. The second kappa shape index (κ2) is 5.20. The van der Waals surface area contributed by atoms with Gasteiger partial charge in [0, 0.05) is 13.2 Å². The molecule has 0 fully saturated rings. The molecule has 0 saturated heterocycles. The van der Waals surface area contributed by atoms with Crippen molar-refractivity contribution in [1.29, 1.82) is 0 Å². The van der Waals surface area contributed by atoms with E-state index >= 15 is 0 Å². The molecule has 0 aromatic carbocycles. The Labute approximate surface area is 98.1 Å². The number of carbonyl (C=O) groups is 2. The van der Waals surface area contributed by atoms with Crippen molar-refractivity contribution < 1.29 is 24.2 Å². The molecule has 0 aliphatic carbocycles. The van der Waals surface area contributed by atoms with E-state index in [0.29, 0.717) is 6.26 Å². The lowest BCUT2D eigenvalue weighted by molar-refractivity contribution is -0.133. The van der Waals surface area contributed by atoms with Gasteiger partial charge in [-0.1, -0.05) is 0 Å². The topological polar surface area (TPSA) is 77.8 Å².